The average molecular weight is 559 g/mol. The van der Waals surface area contributed by atoms with Crippen LogP contribution in [0.5, 0.6) is 5.75 Å². The van der Waals surface area contributed by atoms with E-state index in [1.54, 1.807) is 18.2 Å². The Balaban J connectivity index is 0.00000124. The number of halogens is 2. The number of hydrogen-bond acceptors (Lipinski definition) is 6. The zero-order valence-corrected chi connectivity index (χ0v) is 22.7. The summed E-state index contributed by atoms with van der Waals surface area (Å²) in [5, 5.41) is 18.9. The maximum Gasteiger partial charge on any atom is 0.298 e. The molecule has 3 aromatic carbocycles. The summed E-state index contributed by atoms with van der Waals surface area (Å²) in [6, 6.07) is 19.5. The summed E-state index contributed by atoms with van der Waals surface area (Å²) in [7, 11) is 5.18. The molecular formula is C30H28F2N6O3. The molecule has 0 unspecified atom stereocenters. The molecule has 2 heterocycles. The molecule has 1 aliphatic heterocycles. The molecule has 0 bridgehead atoms. The Labute approximate surface area is 236 Å². The summed E-state index contributed by atoms with van der Waals surface area (Å²) in [5.74, 6) is -3.81. The molecule has 0 aliphatic carbocycles. The quantitative estimate of drug-likeness (QED) is 0.356. The number of nitriles is 1. The number of amides is 2. The minimum atomic E-state index is -3.19. The topological polar surface area (TPSA) is 112 Å². The van der Waals surface area contributed by atoms with Gasteiger partial charge < -0.3 is 20.3 Å². The fourth-order valence-electron chi connectivity index (χ4n) is 4.34. The van der Waals surface area contributed by atoms with Crippen LogP contribution in [0.25, 0.3) is 0 Å². The van der Waals surface area contributed by atoms with Gasteiger partial charge in [-0.15, -0.1) is 0 Å². The molecule has 41 heavy (non-hydrogen) atoms. The smallest absolute Gasteiger partial charge is 0.298 e. The number of methoxy groups -OCH3 is 1. The van der Waals surface area contributed by atoms with E-state index in [9.17, 15) is 23.6 Å². The zero-order valence-electron chi connectivity index (χ0n) is 22.7. The predicted molar refractivity (Wildman–Crippen MR) is 150 cm³/mol. The number of nitrogens with zero attached hydrogens (tertiary/aromatic N) is 4. The third kappa shape index (κ3) is 5.92. The van der Waals surface area contributed by atoms with Crippen molar-refractivity contribution in [3.05, 3.63) is 107 Å². The van der Waals surface area contributed by atoms with Crippen LogP contribution in [0.4, 0.5) is 20.2 Å². The Morgan fingerprint density at radius 2 is 1.68 bits per heavy atom. The summed E-state index contributed by atoms with van der Waals surface area (Å²) in [6.45, 7) is 0.624. The molecule has 0 fully saturated rings. The van der Waals surface area contributed by atoms with Gasteiger partial charge in [-0.3, -0.25) is 14.3 Å². The van der Waals surface area contributed by atoms with E-state index in [-0.39, 0.29) is 40.2 Å². The lowest BCUT2D eigenvalue weighted by molar-refractivity contribution is 0.0428. The predicted octanol–water partition coefficient (Wildman–Crippen LogP) is 4.65. The monoisotopic (exact) mass is 558 g/mol. The number of rotatable bonds is 6. The molecule has 0 atom stereocenters. The van der Waals surface area contributed by atoms with E-state index in [2.05, 4.69) is 15.7 Å². The number of nitrogens with one attached hydrogen (secondary N) is 2. The minimum Gasteiger partial charge on any atom is -0.495 e. The number of hydrogen-bond donors (Lipinski definition) is 2. The van der Waals surface area contributed by atoms with Crippen LogP contribution in [0.1, 0.15) is 37.5 Å². The van der Waals surface area contributed by atoms with Gasteiger partial charge in [-0.25, -0.2) is 0 Å². The first-order valence-electron chi connectivity index (χ1n) is 12.6. The van der Waals surface area contributed by atoms with Crippen LogP contribution in [-0.2, 0) is 12.5 Å². The van der Waals surface area contributed by atoms with Crippen molar-refractivity contribution in [3.8, 4) is 11.8 Å². The largest absolute Gasteiger partial charge is 0.495 e. The Morgan fingerprint density at radius 3 is 2.32 bits per heavy atom. The first kappa shape index (κ1) is 28.9. The molecule has 0 radical (unpaired) electrons. The fraction of sp³-hybridized carbons (Fsp3) is 0.200. The number of benzene rings is 3. The Morgan fingerprint density at radius 1 is 1.02 bits per heavy atom. The van der Waals surface area contributed by atoms with Gasteiger partial charge in [0.25, 0.3) is 17.7 Å². The van der Waals surface area contributed by atoms with Crippen LogP contribution in [0.3, 0.4) is 0 Å². The highest BCUT2D eigenvalue weighted by molar-refractivity contribution is 6.13. The lowest BCUT2D eigenvalue weighted by Gasteiger charge is -2.28. The van der Waals surface area contributed by atoms with Gasteiger partial charge in [0, 0.05) is 28.9 Å². The van der Waals surface area contributed by atoms with Crippen molar-refractivity contribution in [2.45, 2.75) is 12.5 Å². The first-order chi connectivity index (χ1) is 19.7. The van der Waals surface area contributed by atoms with Crippen molar-refractivity contribution in [1.82, 2.24) is 15.1 Å². The van der Waals surface area contributed by atoms with Crippen molar-refractivity contribution >= 4 is 23.2 Å². The highest BCUT2D eigenvalue weighted by atomic mass is 19.3. The van der Waals surface area contributed by atoms with Gasteiger partial charge in [-0.1, -0.05) is 42.5 Å². The standard InChI is InChI=1S/C28H21F2N5O3.C2H7N/c1-38-24-12-7-18(15-19(24)16-31)26(36)33-23-17-32-35-14-13-34(27(37)25(23)35)22-10-8-21(9-11-22)28(29,30)20-5-3-2-4-6-20;1-3-2/h2-12,15,17H,13-14H2,1H3,(H,33,36);3H,1-2H3. The van der Waals surface area contributed by atoms with Crippen LogP contribution in [0, 0.1) is 11.3 Å². The summed E-state index contributed by atoms with van der Waals surface area (Å²) in [6.07, 6.45) is 1.38. The lowest BCUT2D eigenvalue weighted by Crippen LogP contribution is -2.41. The van der Waals surface area contributed by atoms with Gasteiger partial charge in [-0.2, -0.15) is 19.1 Å². The lowest BCUT2D eigenvalue weighted by atomic mass is 10.00. The molecule has 0 spiro atoms. The third-order valence-electron chi connectivity index (χ3n) is 6.33. The van der Waals surface area contributed by atoms with Crippen LogP contribution < -0.4 is 20.3 Å². The second-order valence-corrected chi connectivity index (χ2v) is 9.06. The van der Waals surface area contributed by atoms with E-state index >= 15 is 0 Å². The van der Waals surface area contributed by atoms with E-state index in [1.165, 1.54) is 77.5 Å². The highest BCUT2D eigenvalue weighted by Crippen LogP contribution is 2.36. The maximum atomic E-state index is 14.9. The van der Waals surface area contributed by atoms with Crippen molar-refractivity contribution in [1.29, 1.82) is 5.26 Å². The summed E-state index contributed by atoms with van der Waals surface area (Å²) >= 11 is 0. The molecule has 9 nitrogen and oxygen atoms in total. The van der Waals surface area contributed by atoms with Crippen molar-refractivity contribution in [2.24, 2.45) is 0 Å². The number of carbonyl (C=O) groups excluding carboxylic acids is 2. The Bertz CT molecular complexity index is 1580. The van der Waals surface area contributed by atoms with E-state index < -0.39 is 17.7 Å². The number of aromatic nitrogens is 2. The van der Waals surface area contributed by atoms with Crippen LogP contribution >= 0.6 is 0 Å². The van der Waals surface area contributed by atoms with E-state index in [0.29, 0.717) is 18.0 Å². The second kappa shape index (κ2) is 12.4. The van der Waals surface area contributed by atoms with Crippen LogP contribution in [-0.4, -0.2) is 49.3 Å². The molecule has 210 valence electrons. The fourth-order valence-corrected chi connectivity index (χ4v) is 4.34. The third-order valence-corrected chi connectivity index (χ3v) is 6.33. The minimum absolute atomic E-state index is 0.121. The Kier molecular flexibility index (Phi) is 8.75. The molecule has 5 rings (SSSR count). The van der Waals surface area contributed by atoms with Crippen molar-refractivity contribution < 1.29 is 23.1 Å². The molecule has 1 aromatic heterocycles. The highest BCUT2D eigenvalue weighted by Gasteiger charge is 2.35. The van der Waals surface area contributed by atoms with Crippen molar-refractivity contribution in [3.63, 3.8) is 0 Å². The van der Waals surface area contributed by atoms with Gasteiger partial charge >= 0.3 is 0 Å². The summed E-state index contributed by atoms with van der Waals surface area (Å²) < 4.78 is 36.5. The molecule has 2 amide bonds. The van der Waals surface area contributed by atoms with E-state index in [4.69, 9.17) is 4.74 Å². The molecule has 1 aliphatic rings. The van der Waals surface area contributed by atoms with Crippen LogP contribution in [0.2, 0.25) is 0 Å². The Hall–Kier alpha value is -5.08. The van der Waals surface area contributed by atoms with Gasteiger partial charge in [0.15, 0.2) is 0 Å². The molecule has 11 heteroatoms. The van der Waals surface area contributed by atoms with Crippen molar-refractivity contribution in [2.75, 3.05) is 38.0 Å². The first-order valence-corrected chi connectivity index (χ1v) is 12.6. The SMILES string of the molecule is CNC.COc1ccc(C(=O)Nc2cnn3c2C(=O)N(c2ccc(C(F)(F)c4ccccc4)cc2)CC3)cc1C#N. The molecule has 0 saturated heterocycles. The van der Waals surface area contributed by atoms with E-state index in [1.807, 2.05) is 20.2 Å². The maximum absolute atomic E-state index is 14.9. The average Bonchev–Trinajstić information content (AvgIpc) is 3.41. The number of fused-ring (bicyclic) bond motifs is 1. The molecule has 4 aromatic rings. The second-order valence-electron chi connectivity index (χ2n) is 9.06. The van der Waals surface area contributed by atoms with Gasteiger partial charge in [0.2, 0.25) is 0 Å². The van der Waals surface area contributed by atoms with Gasteiger partial charge in [0.1, 0.15) is 17.5 Å². The number of carbonyl (C=O) groups is 2. The normalized spacial score (nSPS) is 12.5. The number of alkyl halides is 2. The molecule has 2 N–H and O–H groups in total. The summed E-state index contributed by atoms with van der Waals surface area (Å²) in [5.41, 5.74) is 0.902. The van der Waals surface area contributed by atoms with E-state index in [0.717, 1.165) is 0 Å². The van der Waals surface area contributed by atoms with Crippen LogP contribution in [0.15, 0.2) is 79.0 Å². The van der Waals surface area contributed by atoms with Gasteiger partial charge in [-0.05, 0) is 44.4 Å². The zero-order chi connectivity index (χ0) is 29.6. The molecule has 0 saturated carbocycles. The van der Waals surface area contributed by atoms with Gasteiger partial charge in [0.05, 0.1) is 31.1 Å². The number of ether oxygens (including phenoxy) is 1. The summed E-state index contributed by atoms with van der Waals surface area (Å²) in [4.78, 5) is 27.7. The molecular weight excluding hydrogens is 530 g/mol. The number of anilines is 2.